The zero-order valence-corrected chi connectivity index (χ0v) is 4.91. The van der Waals surface area contributed by atoms with Crippen molar-refractivity contribution in [2.45, 2.75) is 0 Å². The third-order valence-corrected chi connectivity index (χ3v) is 0.136. The molecular weight excluding hydrogens is 249 g/mol. The van der Waals surface area contributed by atoms with Gasteiger partial charge < -0.3 is 11.5 Å². The molecule has 2 nitrogen and oxygen atoms in total. The first-order valence-corrected chi connectivity index (χ1v) is 1.15. The molecule has 0 saturated heterocycles. The van der Waals surface area contributed by atoms with Crippen LogP contribution in [0.1, 0.15) is 0 Å². The molecular formula is C2H7AuN2. The van der Waals surface area contributed by atoms with Crippen molar-refractivity contribution in [1.29, 1.82) is 0 Å². The molecule has 0 unspecified atom stereocenters. The Morgan fingerprint density at radius 3 is 1.80 bits per heavy atom. The van der Waals surface area contributed by atoms with E-state index in [1.807, 2.05) is 0 Å². The molecule has 0 rings (SSSR count). The molecule has 4 N–H and O–H groups in total. The Kier molecular flexibility index (Phi) is 16.2. The second-order valence-electron chi connectivity index (χ2n) is 0.471. The third-order valence-electron chi connectivity index (χ3n) is 0.136. The third kappa shape index (κ3) is 12.0. The molecule has 0 radical (unpaired) electrons. The van der Waals surface area contributed by atoms with Gasteiger partial charge in [0, 0.05) is 0 Å². The number of rotatable bonds is 1. The standard InChI is InChI=1S/C2H7N2.Au/c3-1-2-4;/h1H,2-4H2;/q-1;+1. The van der Waals surface area contributed by atoms with Crippen LogP contribution in [-0.4, -0.2) is 6.54 Å². The van der Waals surface area contributed by atoms with Crippen LogP contribution in [-0.2, 0) is 22.4 Å². The van der Waals surface area contributed by atoms with E-state index in [2.05, 4.69) is 0 Å². The van der Waals surface area contributed by atoms with E-state index in [1.165, 1.54) is 6.54 Å². The fourth-order valence-corrected chi connectivity index (χ4v) is 0. The van der Waals surface area contributed by atoms with Gasteiger partial charge in [-0.1, -0.05) is 0 Å². The molecule has 0 aliphatic carbocycles. The summed E-state index contributed by atoms with van der Waals surface area (Å²) in [5.74, 6) is 0. The number of nitrogens with two attached hydrogens (primary N) is 2. The Labute approximate surface area is 47.4 Å². The molecule has 0 aromatic heterocycles. The molecule has 36 valence electrons. The van der Waals surface area contributed by atoms with E-state index < -0.39 is 0 Å². The average molecular weight is 256 g/mol. The fraction of sp³-hybridized carbons (Fsp3) is 0.500. The minimum Gasteiger partial charge on any atom is -0.482 e. The van der Waals surface area contributed by atoms with Crippen LogP contribution in [0.15, 0.2) is 0 Å². The first-order valence-electron chi connectivity index (χ1n) is 1.15. The normalized spacial score (nSPS) is 6.00. The molecule has 0 saturated carbocycles. The van der Waals surface area contributed by atoms with Crippen LogP contribution >= 0.6 is 0 Å². The predicted octanol–water partition coefficient (Wildman–Crippen LogP) is -0.937. The van der Waals surface area contributed by atoms with Crippen molar-refractivity contribution in [2.75, 3.05) is 6.54 Å². The summed E-state index contributed by atoms with van der Waals surface area (Å²) >= 11 is 0. The van der Waals surface area contributed by atoms with E-state index >= 15 is 0 Å². The molecule has 0 amide bonds. The van der Waals surface area contributed by atoms with Gasteiger partial charge in [0.2, 0.25) is 0 Å². The Balaban J connectivity index is 0. The molecule has 0 aromatic carbocycles. The average Bonchev–Trinajstić information content (AvgIpc) is 1.37. The Morgan fingerprint density at radius 2 is 1.80 bits per heavy atom. The topological polar surface area (TPSA) is 52.0 Å². The smallest absolute Gasteiger partial charge is 0.482 e. The number of hydrogen-bond acceptors (Lipinski definition) is 2. The molecule has 0 atom stereocenters. The fourth-order valence-electron chi connectivity index (χ4n) is 0. The maximum Gasteiger partial charge on any atom is 1.00 e. The zero-order valence-electron chi connectivity index (χ0n) is 2.74. The van der Waals surface area contributed by atoms with Gasteiger partial charge in [-0.25, -0.2) is 0 Å². The van der Waals surface area contributed by atoms with Gasteiger partial charge >= 0.3 is 22.4 Å². The van der Waals surface area contributed by atoms with E-state index in [-0.39, 0.29) is 22.4 Å². The monoisotopic (exact) mass is 256 g/mol. The van der Waals surface area contributed by atoms with Crippen LogP contribution in [0.5, 0.6) is 0 Å². The van der Waals surface area contributed by atoms with E-state index in [0.29, 0.717) is 6.54 Å². The van der Waals surface area contributed by atoms with Crippen LogP contribution in [0, 0.1) is 6.54 Å². The molecule has 0 heterocycles. The second kappa shape index (κ2) is 8.82. The molecule has 0 fully saturated rings. The van der Waals surface area contributed by atoms with Gasteiger partial charge in [-0.2, -0.15) is 0 Å². The van der Waals surface area contributed by atoms with E-state index in [1.54, 1.807) is 0 Å². The van der Waals surface area contributed by atoms with Crippen LogP contribution < -0.4 is 11.5 Å². The quantitative estimate of drug-likeness (QED) is 0.470. The van der Waals surface area contributed by atoms with Crippen molar-refractivity contribution in [1.82, 2.24) is 0 Å². The summed E-state index contributed by atoms with van der Waals surface area (Å²) in [7, 11) is 0. The summed E-state index contributed by atoms with van der Waals surface area (Å²) in [6.07, 6.45) is 0. The maximum atomic E-state index is 4.85. The summed E-state index contributed by atoms with van der Waals surface area (Å²) in [4.78, 5) is 0. The maximum absolute atomic E-state index is 4.85. The van der Waals surface area contributed by atoms with Crippen molar-refractivity contribution in [3.8, 4) is 0 Å². The summed E-state index contributed by atoms with van der Waals surface area (Å²) < 4.78 is 0. The van der Waals surface area contributed by atoms with Crippen LogP contribution in [0.4, 0.5) is 0 Å². The van der Waals surface area contributed by atoms with Gasteiger partial charge in [-0.3, -0.25) is 6.54 Å². The van der Waals surface area contributed by atoms with Crippen LogP contribution in [0.2, 0.25) is 0 Å². The first-order chi connectivity index (χ1) is 1.91. The molecule has 0 aliphatic rings. The number of hydrogen-bond donors (Lipinski definition) is 2. The van der Waals surface area contributed by atoms with E-state index in [0.717, 1.165) is 0 Å². The second-order valence-corrected chi connectivity index (χ2v) is 0.471. The summed E-state index contributed by atoms with van der Waals surface area (Å²) in [5, 5.41) is 0. The zero-order chi connectivity index (χ0) is 3.41. The van der Waals surface area contributed by atoms with Gasteiger partial charge in [0.25, 0.3) is 0 Å². The molecule has 0 aliphatic heterocycles. The Morgan fingerprint density at radius 1 is 1.60 bits per heavy atom. The molecule has 5 heavy (non-hydrogen) atoms. The predicted molar refractivity (Wildman–Crippen MR) is 17.5 cm³/mol. The van der Waals surface area contributed by atoms with Gasteiger partial charge in [0.1, 0.15) is 0 Å². The van der Waals surface area contributed by atoms with Gasteiger partial charge in [-0.15, -0.1) is 6.54 Å². The largest absolute Gasteiger partial charge is 1.00 e. The van der Waals surface area contributed by atoms with Crippen molar-refractivity contribution in [3.63, 3.8) is 0 Å². The summed E-state index contributed by atoms with van der Waals surface area (Å²) in [6.45, 7) is 1.88. The van der Waals surface area contributed by atoms with Crippen molar-refractivity contribution in [3.05, 3.63) is 6.54 Å². The van der Waals surface area contributed by atoms with Gasteiger partial charge in [0.05, 0.1) is 0 Å². The summed E-state index contributed by atoms with van der Waals surface area (Å²) in [6, 6.07) is 0. The van der Waals surface area contributed by atoms with Crippen LogP contribution in [0.25, 0.3) is 0 Å². The van der Waals surface area contributed by atoms with E-state index in [4.69, 9.17) is 11.5 Å². The molecule has 0 spiro atoms. The minimum absolute atomic E-state index is 0. The van der Waals surface area contributed by atoms with Crippen molar-refractivity contribution in [2.24, 2.45) is 11.5 Å². The van der Waals surface area contributed by atoms with E-state index in [9.17, 15) is 0 Å². The van der Waals surface area contributed by atoms with Crippen molar-refractivity contribution < 1.29 is 22.4 Å². The SMILES string of the molecule is N[CH-]CN.[Au+]. The molecule has 3 heteroatoms. The summed E-state index contributed by atoms with van der Waals surface area (Å²) in [5.41, 5.74) is 9.62. The van der Waals surface area contributed by atoms with Gasteiger partial charge in [-0.05, 0) is 0 Å². The minimum atomic E-state index is 0. The first kappa shape index (κ1) is 9.18. The van der Waals surface area contributed by atoms with Gasteiger partial charge in [0.15, 0.2) is 0 Å². The van der Waals surface area contributed by atoms with Crippen molar-refractivity contribution >= 4 is 0 Å². The molecule has 0 aromatic rings. The Hall–Kier alpha value is 0.660. The van der Waals surface area contributed by atoms with Crippen LogP contribution in [0.3, 0.4) is 0 Å². The molecule has 0 bridgehead atoms. The Bertz CT molecular complexity index is 9.61.